The first-order valence-electron chi connectivity index (χ1n) is 8.86. The van der Waals surface area contributed by atoms with Crippen molar-refractivity contribution in [2.24, 2.45) is 0 Å². The smallest absolute Gasteiger partial charge is 0.235 e. The molecule has 3 fully saturated rings. The lowest BCUT2D eigenvalue weighted by atomic mass is 9.88. The lowest BCUT2D eigenvalue weighted by molar-refractivity contribution is -0.134. The predicted molar refractivity (Wildman–Crippen MR) is 89.3 cm³/mol. The van der Waals surface area contributed by atoms with Crippen LogP contribution in [0.1, 0.15) is 31.7 Å². The molecule has 1 saturated carbocycles. The Hall–Kier alpha value is -1.39. The third-order valence-corrected chi connectivity index (χ3v) is 6.14. The molecule has 4 rings (SSSR count). The molecule has 0 N–H and O–H groups in total. The normalized spacial score (nSPS) is 34.6. The van der Waals surface area contributed by atoms with Crippen LogP contribution >= 0.6 is 0 Å². The maximum Gasteiger partial charge on any atom is 0.235 e. The Kier molecular flexibility index (Phi) is 3.69. The van der Waals surface area contributed by atoms with Gasteiger partial charge in [-0.05, 0) is 31.7 Å². The summed E-state index contributed by atoms with van der Waals surface area (Å²) in [5.74, 6) is 0.343. The minimum absolute atomic E-state index is 0.0716. The molecule has 1 amide bonds. The molecule has 124 valence electrons. The van der Waals surface area contributed by atoms with Crippen LogP contribution in [0, 0.1) is 0 Å². The third-order valence-electron chi connectivity index (χ3n) is 6.14. The summed E-state index contributed by atoms with van der Waals surface area (Å²) in [5.41, 5.74) is 0.749. The van der Waals surface area contributed by atoms with Crippen molar-refractivity contribution < 1.29 is 9.53 Å². The molecule has 1 aromatic rings. The number of ether oxygens (including phenoxy) is 1. The summed E-state index contributed by atoms with van der Waals surface area (Å²) in [4.78, 5) is 18.0. The molecule has 2 aliphatic heterocycles. The summed E-state index contributed by atoms with van der Waals surface area (Å²) in [5, 5.41) is 0. The van der Waals surface area contributed by atoms with E-state index in [1.165, 1.54) is 5.56 Å². The second-order valence-corrected chi connectivity index (χ2v) is 7.32. The highest BCUT2D eigenvalue weighted by Gasteiger charge is 2.73. The number of morpholine rings is 1. The van der Waals surface area contributed by atoms with Crippen molar-refractivity contribution >= 4 is 5.91 Å². The van der Waals surface area contributed by atoms with Gasteiger partial charge in [-0.15, -0.1) is 0 Å². The fraction of sp³-hybridized carbons (Fsp3) is 0.632. The van der Waals surface area contributed by atoms with Crippen LogP contribution in [0.25, 0.3) is 0 Å². The van der Waals surface area contributed by atoms with Crippen LogP contribution in [-0.2, 0) is 14.9 Å². The summed E-state index contributed by atoms with van der Waals surface area (Å²) >= 11 is 0. The van der Waals surface area contributed by atoms with Gasteiger partial charge in [0.05, 0.1) is 18.6 Å². The van der Waals surface area contributed by atoms with Gasteiger partial charge in [-0.1, -0.05) is 30.3 Å². The zero-order valence-corrected chi connectivity index (χ0v) is 14.0. The molecule has 1 aliphatic carbocycles. The van der Waals surface area contributed by atoms with Gasteiger partial charge in [-0.3, -0.25) is 9.69 Å². The van der Waals surface area contributed by atoms with Crippen LogP contribution in [0.4, 0.5) is 0 Å². The molecule has 0 aromatic heterocycles. The Morgan fingerprint density at radius 2 is 1.70 bits per heavy atom. The van der Waals surface area contributed by atoms with Gasteiger partial charge < -0.3 is 9.64 Å². The van der Waals surface area contributed by atoms with E-state index in [1.54, 1.807) is 0 Å². The predicted octanol–water partition coefficient (Wildman–Crippen LogP) is 2.04. The summed E-state index contributed by atoms with van der Waals surface area (Å²) < 4.78 is 5.52. The highest BCUT2D eigenvalue weighted by Crippen LogP contribution is 2.62. The van der Waals surface area contributed by atoms with Gasteiger partial charge in [-0.2, -0.15) is 0 Å². The van der Waals surface area contributed by atoms with E-state index in [0.717, 1.165) is 58.7 Å². The van der Waals surface area contributed by atoms with Crippen LogP contribution in [0.3, 0.4) is 0 Å². The molecule has 2 saturated heterocycles. The topological polar surface area (TPSA) is 32.8 Å². The Labute approximate surface area is 138 Å². The highest BCUT2D eigenvalue weighted by atomic mass is 16.5. The monoisotopic (exact) mass is 314 g/mol. The van der Waals surface area contributed by atoms with Crippen molar-refractivity contribution in [3.05, 3.63) is 35.9 Å². The molecule has 4 heteroatoms. The first kappa shape index (κ1) is 15.2. The molecule has 0 radical (unpaired) electrons. The lowest BCUT2D eigenvalue weighted by Crippen LogP contribution is -2.51. The molecular weight excluding hydrogens is 288 g/mol. The molecular formula is C19H26N2O2. The van der Waals surface area contributed by atoms with Gasteiger partial charge in [0.2, 0.25) is 5.91 Å². The Morgan fingerprint density at radius 1 is 1.04 bits per heavy atom. The van der Waals surface area contributed by atoms with E-state index in [9.17, 15) is 4.79 Å². The van der Waals surface area contributed by atoms with E-state index in [1.807, 2.05) is 6.07 Å². The molecule has 0 bridgehead atoms. The van der Waals surface area contributed by atoms with E-state index >= 15 is 0 Å². The first-order valence-corrected chi connectivity index (χ1v) is 8.86. The molecule has 2 unspecified atom stereocenters. The van der Waals surface area contributed by atoms with E-state index in [-0.39, 0.29) is 11.0 Å². The maximum absolute atomic E-state index is 13.5. The number of likely N-dealkylation sites (tertiary alicyclic amines) is 1. The van der Waals surface area contributed by atoms with Gasteiger partial charge in [0.15, 0.2) is 0 Å². The van der Waals surface area contributed by atoms with E-state index < -0.39 is 0 Å². The van der Waals surface area contributed by atoms with Crippen LogP contribution in [-0.4, -0.2) is 60.6 Å². The van der Waals surface area contributed by atoms with Crippen LogP contribution in [0.5, 0.6) is 0 Å². The standard InChI is InChI=1S/C19H26N2O2/c1-18(21-11-13-23-14-12-21)15-19(18,16-7-3-2-4-8-16)17(22)20-9-5-6-10-20/h2-4,7-8H,5-6,9-15H2,1H3. The Balaban J connectivity index is 1.70. The number of nitrogens with zero attached hydrogens (tertiary/aromatic N) is 2. The second kappa shape index (κ2) is 5.60. The average Bonchev–Trinajstić information content (AvgIpc) is 2.98. The van der Waals surface area contributed by atoms with Crippen LogP contribution < -0.4 is 0 Å². The average molecular weight is 314 g/mol. The summed E-state index contributed by atoms with van der Waals surface area (Å²) in [6.45, 7) is 7.53. The molecule has 23 heavy (non-hydrogen) atoms. The molecule has 0 spiro atoms. The largest absolute Gasteiger partial charge is 0.379 e. The molecule has 2 heterocycles. The van der Waals surface area contributed by atoms with Gasteiger partial charge in [-0.25, -0.2) is 0 Å². The maximum atomic E-state index is 13.5. The molecule has 2 atom stereocenters. The zero-order chi connectivity index (χ0) is 15.9. The number of amides is 1. The van der Waals surface area contributed by atoms with Gasteiger partial charge in [0.25, 0.3) is 0 Å². The van der Waals surface area contributed by atoms with Gasteiger partial charge in [0, 0.05) is 31.7 Å². The Bertz CT molecular complexity index is 578. The van der Waals surface area contributed by atoms with Crippen molar-refractivity contribution in [2.75, 3.05) is 39.4 Å². The molecule has 4 nitrogen and oxygen atoms in total. The van der Waals surface area contributed by atoms with Crippen molar-refractivity contribution in [3.8, 4) is 0 Å². The molecule has 1 aromatic carbocycles. The van der Waals surface area contributed by atoms with Crippen LogP contribution in [0.15, 0.2) is 30.3 Å². The van der Waals surface area contributed by atoms with Crippen molar-refractivity contribution in [3.63, 3.8) is 0 Å². The van der Waals surface area contributed by atoms with E-state index in [0.29, 0.717) is 5.91 Å². The van der Waals surface area contributed by atoms with Crippen LogP contribution in [0.2, 0.25) is 0 Å². The summed E-state index contributed by atoms with van der Waals surface area (Å²) in [6, 6.07) is 10.4. The third kappa shape index (κ3) is 2.23. The van der Waals surface area contributed by atoms with Crippen molar-refractivity contribution in [2.45, 2.75) is 37.1 Å². The highest BCUT2D eigenvalue weighted by molar-refractivity contribution is 5.94. The zero-order valence-electron chi connectivity index (χ0n) is 14.0. The van der Waals surface area contributed by atoms with E-state index in [2.05, 4.69) is 41.0 Å². The number of hydrogen-bond acceptors (Lipinski definition) is 3. The number of carbonyl (C=O) groups is 1. The first-order chi connectivity index (χ1) is 11.2. The lowest BCUT2D eigenvalue weighted by Gasteiger charge is -2.37. The van der Waals surface area contributed by atoms with Gasteiger partial charge in [0.1, 0.15) is 0 Å². The summed E-state index contributed by atoms with van der Waals surface area (Å²) in [7, 11) is 0. The second-order valence-electron chi connectivity index (χ2n) is 7.32. The number of benzene rings is 1. The van der Waals surface area contributed by atoms with E-state index in [4.69, 9.17) is 4.74 Å². The number of hydrogen-bond donors (Lipinski definition) is 0. The fourth-order valence-corrected chi connectivity index (χ4v) is 4.67. The van der Waals surface area contributed by atoms with Crippen molar-refractivity contribution in [1.29, 1.82) is 0 Å². The van der Waals surface area contributed by atoms with Gasteiger partial charge >= 0.3 is 0 Å². The summed E-state index contributed by atoms with van der Waals surface area (Å²) in [6.07, 6.45) is 3.22. The molecule has 3 aliphatic rings. The number of rotatable bonds is 3. The fourth-order valence-electron chi connectivity index (χ4n) is 4.67. The van der Waals surface area contributed by atoms with Crippen molar-refractivity contribution in [1.82, 2.24) is 9.80 Å². The quantitative estimate of drug-likeness (QED) is 0.856. The SMILES string of the molecule is CC1(N2CCOCC2)CC1(C(=O)N1CCCC1)c1ccccc1. The Morgan fingerprint density at radius 3 is 2.35 bits per heavy atom. The number of carbonyl (C=O) groups excluding carboxylic acids is 1. The minimum Gasteiger partial charge on any atom is -0.379 e. The minimum atomic E-state index is -0.365.